The average Bonchev–Trinajstić information content (AvgIpc) is 3.11. The van der Waals surface area contributed by atoms with Crippen LogP contribution < -0.4 is 10.9 Å². The fourth-order valence-electron chi connectivity index (χ4n) is 3.63. The van der Waals surface area contributed by atoms with E-state index >= 15 is 0 Å². The van der Waals surface area contributed by atoms with Gasteiger partial charge in [-0.2, -0.15) is 5.10 Å². The first kappa shape index (κ1) is 21.6. The molecule has 8 heteroatoms. The second-order valence-electron chi connectivity index (χ2n) is 8.69. The van der Waals surface area contributed by atoms with Gasteiger partial charge in [0.1, 0.15) is 4.88 Å². The van der Waals surface area contributed by atoms with Gasteiger partial charge in [0.15, 0.2) is 0 Å². The minimum Gasteiger partial charge on any atom is -0.350 e. The third-order valence-corrected chi connectivity index (χ3v) is 6.36. The summed E-state index contributed by atoms with van der Waals surface area (Å²) in [4.78, 5) is 31.9. The molecule has 0 bridgehead atoms. The van der Waals surface area contributed by atoms with Crippen molar-refractivity contribution in [2.24, 2.45) is 0 Å². The number of nitrogens with zero attached hydrogens (tertiary/aromatic N) is 4. The summed E-state index contributed by atoms with van der Waals surface area (Å²) in [5.41, 5.74) is 3.23. The molecule has 3 rings (SSSR count). The number of amides is 1. The van der Waals surface area contributed by atoms with Crippen LogP contribution in [0.5, 0.6) is 0 Å². The zero-order valence-electron chi connectivity index (χ0n) is 17.8. The fourth-order valence-corrected chi connectivity index (χ4v) is 4.35. The summed E-state index contributed by atoms with van der Waals surface area (Å²) in [7, 11) is 0. The van der Waals surface area contributed by atoms with E-state index in [2.05, 4.69) is 41.1 Å². The molecular weight excluding hydrogens is 386 g/mol. The van der Waals surface area contributed by atoms with Gasteiger partial charge < -0.3 is 5.32 Å². The molecule has 1 unspecified atom stereocenters. The van der Waals surface area contributed by atoms with E-state index in [0.29, 0.717) is 18.0 Å². The lowest BCUT2D eigenvalue weighted by Gasteiger charge is -2.35. The number of hydrogen-bond donors (Lipinski definition) is 1. The highest BCUT2D eigenvalue weighted by Crippen LogP contribution is 2.19. The fraction of sp³-hybridized carbons (Fsp3) is 0.619. The van der Waals surface area contributed by atoms with Gasteiger partial charge >= 0.3 is 0 Å². The van der Waals surface area contributed by atoms with Crippen LogP contribution in [0, 0.1) is 6.92 Å². The first-order valence-electron chi connectivity index (χ1n) is 10.3. The van der Waals surface area contributed by atoms with Crippen molar-refractivity contribution in [1.82, 2.24) is 25.0 Å². The predicted molar refractivity (Wildman–Crippen MR) is 116 cm³/mol. The van der Waals surface area contributed by atoms with Crippen LogP contribution in [0.2, 0.25) is 0 Å². The first-order chi connectivity index (χ1) is 13.8. The molecule has 1 aliphatic heterocycles. The van der Waals surface area contributed by atoms with Crippen molar-refractivity contribution in [3.63, 3.8) is 0 Å². The van der Waals surface area contributed by atoms with Crippen LogP contribution in [0.25, 0.3) is 0 Å². The van der Waals surface area contributed by atoms with Gasteiger partial charge in [0.25, 0.3) is 11.5 Å². The lowest BCUT2D eigenvalue weighted by atomic mass is 9.92. The van der Waals surface area contributed by atoms with Crippen molar-refractivity contribution in [2.75, 3.05) is 19.6 Å². The molecule has 0 aromatic carbocycles. The molecule has 1 N–H and O–H groups in total. The van der Waals surface area contributed by atoms with E-state index in [1.54, 1.807) is 16.3 Å². The number of aromatic nitrogens is 3. The van der Waals surface area contributed by atoms with E-state index < -0.39 is 0 Å². The van der Waals surface area contributed by atoms with Gasteiger partial charge in [-0.05, 0) is 32.4 Å². The Balaban J connectivity index is 1.61. The number of thiazole rings is 1. The molecule has 3 heterocycles. The van der Waals surface area contributed by atoms with E-state index in [-0.39, 0.29) is 22.9 Å². The van der Waals surface area contributed by atoms with Gasteiger partial charge in [-0.3, -0.25) is 14.5 Å². The predicted octanol–water partition coefficient (Wildman–Crippen LogP) is 2.59. The van der Waals surface area contributed by atoms with Crippen LogP contribution in [0.4, 0.5) is 0 Å². The highest BCUT2D eigenvalue weighted by Gasteiger charge is 2.24. The summed E-state index contributed by atoms with van der Waals surface area (Å²) in [6.45, 7) is 11.0. The van der Waals surface area contributed by atoms with Gasteiger partial charge in [-0.25, -0.2) is 9.67 Å². The Kier molecular flexibility index (Phi) is 6.85. The maximum absolute atomic E-state index is 12.4. The summed E-state index contributed by atoms with van der Waals surface area (Å²) in [5, 5.41) is 7.64. The van der Waals surface area contributed by atoms with E-state index in [4.69, 9.17) is 0 Å². The number of likely N-dealkylation sites (tertiary alicyclic amines) is 1. The summed E-state index contributed by atoms with van der Waals surface area (Å²) in [6.07, 6.45) is 3.35. The Morgan fingerprint density at radius 3 is 2.76 bits per heavy atom. The normalized spacial score (nSPS) is 18.0. The number of rotatable bonds is 6. The van der Waals surface area contributed by atoms with E-state index in [9.17, 15) is 9.59 Å². The summed E-state index contributed by atoms with van der Waals surface area (Å²) < 4.78 is 1.57. The maximum Gasteiger partial charge on any atom is 0.266 e. The SMILES string of the molecule is Cc1ncsc1C(=O)NCC1CCCCN1CCn1nc(C(C)(C)C)ccc1=O. The number of nitrogens with one attached hydrogen (secondary N) is 1. The third-order valence-electron chi connectivity index (χ3n) is 5.43. The maximum atomic E-state index is 12.4. The minimum absolute atomic E-state index is 0.0497. The average molecular weight is 418 g/mol. The van der Waals surface area contributed by atoms with Gasteiger partial charge in [0, 0.05) is 30.6 Å². The number of carbonyl (C=O) groups excluding carboxylic acids is 1. The van der Waals surface area contributed by atoms with E-state index in [1.165, 1.54) is 11.3 Å². The van der Waals surface area contributed by atoms with Gasteiger partial charge in [0.05, 0.1) is 23.4 Å². The molecule has 0 aliphatic carbocycles. The molecule has 158 valence electrons. The molecule has 29 heavy (non-hydrogen) atoms. The van der Waals surface area contributed by atoms with E-state index in [0.717, 1.165) is 43.7 Å². The molecule has 2 aromatic heterocycles. The summed E-state index contributed by atoms with van der Waals surface area (Å²) in [6, 6.07) is 3.71. The molecule has 0 saturated carbocycles. The lowest BCUT2D eigenvalue weighted by molar-refractivity contribution is 0.0912. The smallest absolute Gasteiger partial charge is 0.266 e. The first-order valence-corrected chi connectivity index (χ1v) is 11.1. The van der Waals surface area contributed by atoms with Crippen molar-refractivity contribution in [3.05, 3.63) is 44.3 Å². The molecule has 0 radical (unpaired) electrons. The zero-order chi connectivity index (χ0) is 21.0. The molecule has 1 fully saturated rings. The zero-order valence-corrected chi connectivity index (χ0v) is 18.6. The molecular formula is C21H31N5O2S. The monoisotopic (exact) mass is 417 g/mol. The van der Waals surface area contributed by atoms with Crippen LogP contribution in [-0.2, 0) is 12.0 Å². The van der Waals surface area contributed by atoms with Crippen molar-refractivity contribution < 1.29 is 4.79 Å². The molecule has 0 spiro atoms. The lowest BCUT2D eigenvalue weighted by Crippen LogP contribution is -2.48. The van der Waals surface area contributed by atoms with Crippen LogP contribution >= 0.6 is 11.3 Å². The van der Waals surface area contributed by atoms with E-state index in [1.807, 2.05) is 13.0 Å². The van der Waals surface area contributed by atoms with Crippen LogP contribution in [0.15, 0.2) is 22.4 Å². The molecule has 2 aromatic rings. The topological polar surface area (TPSA) is 80.1 Å². The highest BCUT2D eigenvalue weighted by atomic mass is 32.1. The third kappa shape index (κ3) is 5.51. The molecule has 1 amide bonds. The van der Waals surface area contributed by atoms with Gasteiger partial charge in [-0.1, -0.05) is 27.2 Å². The van der Waals surface area contributed by atoms with Gasteiger partial charge in [0.2, 0.25) is 0 Å². The Morgan fingerprint density at radius 1 is 1.28 bits per heavy atom. The minimum atomic E-state index is -0.0951. The Bertz CT molecular complexity index is 899. The second-order valence-corrected chi connectivity index (χ2v) is 9.55. The van der Waals surface area contributed by atoms with Crippen LogP contribution in [0.3, 0.4) is 0 Å². The number of carbonyl (C=O) groups is 1. The number of piperidine rings is 1. The van der Waals surface area contributed by atoms with Crippen molar-refractivity contribution in [2.45, 2.75) is 65.0 Å². The Hall–Kier alpha value is -2.06. The molecule has 1 atom stereocenters. The summed E-state index contributed by atoms with van der Waals surface area (Å²) >= 11 is 1.37. The van der Waals surface area contributed by atoms with Crippen LogP contribution in [-0.4, -0.2) is 51.2 Å². The van der Waals surface area contributed by atoms with Crippen molar-refractivity contribution in [1.29, 1.82) is 0 Å². The number of hydrogen-bond acceptors (Lipinski definition) is 6. The largest absolute Gasteiger partial charge is 0.350 e. The highest BCUT2D eigenvalue weighted by molar-refractivity contribution is 7.11. The van der Waals surface area contributed by atoms with Crippen molar-refractivity contribution >= 4 is 17.2 Å². The van der Waals surface area contributed by atoms with Crippen molar-refractivity contribution in [3.8, 4) is 0 Å². The summed E-state index contributed by atoms with van der Waals surface area (Å²) in [5.74, 6) is -0.0497. The van der Waals surface area contributed by atoms with Gasteiger partial charge in [-0.15, -0.1) is 11.3 Å². The second kappa shape index (κ2) is 9.17. The standard InChI is InChI=1S/C21H31N5O2S/c1-15-19(29-14-23-15)20(28)22-13-16-7-5-6-10-25(16)11-12-26-18(27)9-8-17(24-26)21(2,3)4/h8-9,14,16H,5-7,10-13H2,1-4H3,(H,22,28). The molecule has 7 nitrogen and oxygen atoms in total. The van der Waals surface area contributed by atoms with Crippen LogP contribution in [0.1, 0.15) is 61.1 Å². The number of aryl methyl sites for hydroxylation is 1. The molecule has 1 aliphatic rings. The quantitative estimate of drug-likeness (QED) is 0.781. The Labute approximate surface area is 176 Å². The molecule has 1 saturated heterocycles. The Morgan fingerprint density at radius 2 is 2.07 bits per heavy atom.